The molecule has 3 aromatic rings. The summed E-state index contributed by atoms with van der Waals surface area (Å²) in [6.07, 6.45) is 1.67. The number of nitrogens with one attached hydrogen (secondary N) is 1. The third-order valence-corrected chi connectivity index (χ3v) is 3.69. The number of fused-ring (bicyclic) bond motifs is 1. The fraction of sp³-hybridized carbons (Fsp3) is 0.0625. The maximum absolute atomic E-state index is 13.4. The summed E-state index contributed by atoms with van der Waals surface area (Å²) in [4.78, 5) is 15.6. The van der Waals surface area contributed by atoms with E-state index in [0.717, 1.165) is 20.9 Å². The van der Waals surface area contributed by atoms with Crippen LogP contribution in [-0.2, 0) is 0 Å². The van der Waals surface area contributed by atoms with E-state index in [0.29, 0.717) is 11.1 Å². The summed E-state index contributed by atoms with van der Waals surface area (Å²) >= 11 is 3.39. The Balaban J connectivity index is 2.15. The second-order valence-corrected chi connectivity index (χ2v) is 5.65. The summed E-state index contributed by atoms with van der Waals surface area (Å²) in [7, 11) is 0. The van der Waals surface area contributed by atoms with Crippen LogP contribution >= 0.6 is 15.9 Å². The molecule has 0 aliphatic carbocycles. The average Bonchev–Trinajstić information content (AvgIpc) is 2.79. The smallest absolute Gasteiger partial charge is 0.195 e. The van der Waals surface area contributed by atoms with E-state index in [1.54, 1.807) is 19.2 Å². The molecule has 0 radical (unpaired) electrons. The zero-order chi connectivity index (χ0) is 14.3. The molecule has 3 rings (SSSR count). The van der Waals surface area contributed by atoms with Crippen LogP contribution in [-0.4, -0.2) is 10.8 Å². The van der Waals surface area contributed by atoms with Crippen molar-refractivity contribution in [1.82, 2.24) is 4.98 Å². The minimum atomic E-state index is -0.394. The lowest BCUT2D eigenvalue weighted by Gasteiger charge is -2.02. The van der Waals surface area contributed by atoms with Crippen molar-refractivity contribution in [1.29, 1.82) is 0 Å². The number of carbonyl (C=O) groups excluding carboxylic acids is 1. The molecular weight excluding hydrogens is 321 g/mol. The number of rotatable bonds is 2. The van der Waals surface area contributed by atoms with Crippen LogP contribution in [0.15, 0.2) is 47.1 Å². The van der Waals surface area contributed by atoms with Gasteiger partial charge in [-0.2, -0.15) is 0 Å². The molecule has 2 aromatic carbocycles. The molecule has 1 N–H and O–H groups in total. The molecule has 2 nitrogen and oxygen atoms in total. The standard InChI is InChI=1S/C16H11BrFNO/c1-9-4-10(6-12(18)5-9)16(20)14-8-19-15-3-2-11(17)7-13(14)15/h2-8,19H,1H3. The van der Waals surface area contributed by atoms with Crippen molar-refractivity contribution in [2.75, 3.05) is 0 Å². The highest BCUT2D eigenvalue weighted by atomic mass is 79.9. The first kappa shape index (κ1) is 13.1. The maximum Gasteiger partial charge on any atom is 0.195 e. The average molecular weight is 332 g/mol. The Labute approximate surface area is 123 Å². The quantitative estimate of drug-likeness (QED) is 0.683. The van der Waals surface area contributed by atoms with Gasteiger partial charge in [-0.15, -0.1) is 0 Å². The summed E-state index contributed by atoms with van der Waals surface area (Å²) in [5.41, 5.74) is 2.52. The Hall–Kier alpha value is -1.94. The zero-order valence-electron chi connectivity index (χ0n) is 10.7. The van der Waals surface area contributed by atoms with Gasteiger partial charge in [0.25, 0.3) is 0 Å². The van der Waals surface area contributed by atoms with Crippen LogP contribution in [0.25, 0.3) is 10.9 Å². The van der Waals surface area contributed by atoms with Crippen molar-refractivity contribution in [3.63, 3.8) is 0 Å². The Morgan fingerprint density at radius 1 is 1.20 bits per heavy atom. The van der Waals surface area contributed by atoms with Gasteiger partial charge in [0.05, 0.1) is 0 Å². The molecule has 0 saturated carbocycles. The number of aromatic nitrogens is 1. The van der Waals surface area contributed by atoms with Gasteiger partial charge in [0.2, 0.25) is 0 Å². The summed E-state index contributed by atoms with van der Waals surface area (Å²) in [5, 5.41) is 0.825. The number of hydrogen-bond acceptors (Lipinski definition) is 1. The van der Waals surface area contributed by atoms with Crippen LogP contribution in [0.1, 0.15) is 21.5 Å². The van der Waals surface area contributed by atoms with E-state index in [1.165, 1.54) is 12.1 Å². The van der Waals surface area contributed by atoms with Gasteiger partial charge in [-0.3, -0.25) is 4.79 Å². The third kappa shape index (κ3) is 2.27. The number of aromatic amines is 1. The van der Waals surface area contributed by atoms with Gasteiger partial charge in [0.15, 0.2) is 5.78 Å². The Kier molecular flexibility index (Phi) is 3.18. The molecule has 1 aromatic heterocycles. The van der Waals surface area contributed by atoms with E-state index < -0.39 is 5.82 Å². The van der Waals surface area contributed by atoms with Crippen molar-refractivity contribution < 1.29 is 9.18 Å². The lowest BCUT2D eigenvalue weighted by atomic mass is 10.0. The minimum absolute atomic E-state index is 0.183. The molecule has 0 amide bonds. The number of ketones is 1. The van der Waals surface area contributed by atoms with Gasteiger partial charge < -0.3 is 4.98 Å². The van der Waals surface area contributed by atoms with Gasteiger partial charge in [-0.05, 0) is 48.9 Å². The predicted molar refractivity (Wildman–Crippen MR) is 80.6 cm³/mol. The molecule has 1 heterocycles. The fourth-order valence-corrected chi connectivity index (χ4v) is 2.66. The predicted octanol–water partition coefficient (Wildman–Crippen LogP) is 4.61. The minimum Gasteiger partial charge on any atom is -0.360 e. The molecule has 0 saturated heterocycles. The Morgan fingerprint density at radius 2 is 2.00 bits per heavy atom. The van der Waals surface area contributed by atoms with Crippen LogP contribution in [0.2, 0.25) is 0 Å². The second kappa shape index (κ2) is 4.87. The molecule has 100 valence electrons. The highest BCUT2D eigenvalue weighted by Crippen LogP contribution is 2.25. The van der Waals surface area contributed by atoms with Gasteiger partial charge >= 0.3 is 0 Å². The number of hydrogen-bond donors (Lipinski definition) is 1. The van der Waals surface area contributed by atoms with Crippen molar-refractivity contribution in [3.05, 3.63) is 69.6 Å². The molecule has 0 aliphatic heterocycles. The van der Waals surface area contributed by atoms with Gasteiger partial charge in [-0.25, -0.2) is 4.39 Å². The molecule has 0 unspecified atom stereocenters. The summed E-state index contributed by atoms with van der Waals surface area (Å²) < 4.78 is 14.3. The summed E-state index contributed by atoms with van der Waals surface area (Å²) in [6, 6.07) is 10.1. The molecule has 0 atom stereocenters. The lowest BCUT2D eigenvalue weighted by molar-refractivity contribution is 0.104. The Morgan fingerprint density at radius 3 is 2.75 bits per heavy atom. The first-order chi connectivity index (χ1) is 9.54. The molecule has 20 heavy (non-hydrogen) atoms. The van der Waals surface area contributed by atoms with Crippen molar-refractivity contribution in [2.45, 2.75) is 6.92 Å². The molecule has 0 spiro atoms. The summed E-state index contributed by atoms with van der Waals surface area (Å²) in [5.74, 6) is -0.577. The van der Waals surface area contributed by atoms with Crippen LogP contribution in [0.4, 0.5) is 4.39 Å². The van der Waals surface area contributed by atoms with Crippen LogP contribution < -0.4 is 0 Å². The topological polar surface area (TPSA) is 32.9 Å². The van der Waals surface area contributed by atoms with E-state index >= 15 is 0 Å². The number of halogens is 2. The second-order valence-electron chi connectivity index (χ2n) is 4.74. The first-order valence-electron chi connectivity index (χ1n) is 6.13. The zero-order valence-corrected chi connectivity index (χ0v) is 12.3. The summed E-state index contributed by atoms with van der Waals surface area (Å²) in [6.45, 7) is 1.77. The number of H-pyrrole nitrogens is 1. The molecule has 0 bridgehead atoms. The monoisotopic (exact) mass is 331 g/mol. The molecule has 0 aliphatic rings. The van der Waals surface area contributed by atoms with E-state index in [4.69, 9.17) is 0 Å². The van der Waals surface area contributed by atoms with E-state index in [9.17, 15) is 9.18 Å². The van der Waals surface area contributed by atoms with Crippen LogP contribution in [0, 0.1) is 12.7 Å². The van der Waals surface area contributed by atoms with Crippen molar-refractivity contribution in [2.24, 2.45) is 0 Å². The van der Waals surface area contributed by atoms with Crippen molar-refractivity contribution in [3.8, 4) is 0 Å². The van der Waals surface area contributed by atoms with E-state index in [1.807, 2.05) is 18.2 Å². The Bertz CT molecular complexity index is 802. The SMILES string of the molecule is Cc1cc(F)cc(C(=O)c2c[nH]c3ccc(Br)cc23)c1. The third-order valence-electron chi connectivity index (χ3n) is 3.19. The fourth-order valence-electron chi connectivity index (χ4n) is 2.30. The number of aryl methyl sites for hydroxylation is 1. The van der Waals surface area contributed by atoms with E-state index in [-0.39, 0.29) is 5.78 Å². The normalized spacial score (nSPS) is 10.9. The highest BCUT2D eigenvalue weighted by Gasteiger charge is 2.15. The van der Waals surface area contributed by atoms with Gasteiger partial charge in [-0.1, -0.05) is 15.9 Å². The van der Waals surface area contributed by atoms with Gasteiger partial charge in [0, 0.05) is 32.7 Å². The van der Waals surface area contributed by atoms with Crippen LogP contribution in [0.5, 0.6) is 0 Å². The largest absolute Gasteiger partial charge is 0.360 e. The first-order valence-corrected chi connectivity index (χ1v) is 6.92. The molecule has 4 heteroatoms. The lowest BCUT2D eigenvalue weighted by Crippen LogP contribution is -2.01. The molecule has 0 fully saturated rings. The number of benzene rings is 2. The molecular formula is C16H11BrFNO. The highest BCUT2D eigenvalue weighted by molar-refractivity contribution is 9.10. The van der Waals surface area contributed by atoms with E-state index in [2.05, 4.69) is 20.9 Å². The van der Waals surface area contributed by atoms with Crippen LogP contribution in [0.3, 0.4) is 0 Å². The van der Waals surface area contributed by atoms with Gasteiger partial charge in [0.1, 0.15) is 5.82 Å². The van der Waals surface area contributed by atoms with Crippen molar-refractivity contribution >= 4 is 32.6 Å². The maximum atomic E-state index is 13.4. The number of carbonyl (C=O) groups is 1.